The van der Waals surface area contributed by atoms with E-state index < -0.39 is 23.2 Å². The van der Waals surface area contributed by atoms with Crippen molar-refractivity contribution in [1.29, 1.82) is 0 Å². The van der Waals surface area contributed by atoms with Crippen LogP contribution in [0.25, 0.3) is 0 Å². The molecule has 1 aliphatic rings. The molecule has 0 heterocycles. The van der Waals surface area contributed by atoms with E-state index in [0.29, 0.717) is 12.5 Å². The minimum Gasteiger partial charge on any atom is -0.381 e. The second-order valence-corrected chi connectivity index (χ2v) is 4.41. The van der Waals surface area contributed by atoms with Crippen LogP contribution in [0.5, 0.6) is 0 Å². The predicted octanol–water partition coefficient (Wildman–Crippen LogP) is 3.77. The van der Waals surface area contributed by atoms with E-state index in [2.05, 4.69) is 0 Å². The smallest absolute Gasteiger partial charge is 0.381 e. The van der Waals surface area contributed by atoms with E-state index in [4.69, 9.17) is 0 Å². The van der Waals surface area contributed by atoms with Crippen molar-refractivity contribution < 1.29 is 22.7 Å². The summed E-state index contributed by atoms with van der Waals surface area (Å²) >= 11 is 0. The van der Waals surface area contributed by atoms with Gasteiger partial charge >= 0.3 is 6.18 Å². The maximum atomic E-state index is 13.4. The lowest BCUT2D eigenvalue weighted by atomic mass is 9.84. The van der Waals surface area contributed by atoms with Gasteiger partial charge in [-0.05, 0) is 37.0 Å². The molecule has 0 fully saturated rings. The van der Waals surface area contributed by atoms with Crippen molar-refractivity contribution >= 4 is 0 Å². The molecule has 1 aliphatic carbocycles. The van der Waals surface area contributed by atoms with Gasteiger partial charge in [0.15, 0.2) is 0 Å². The van der Waals surface area contributed by atoms with Crippen LogP contribution in [-0.2, 0) is 11.8 Å². The Morgan fingerprint density at radius 1 is 1.22 bits per heavy atom. The van der Waals surface area contributed by atoms with Crippen molar-refractivity contribution in [2.24, 2.45) is 0 Å². The molecule has 18 heavy (non-hydrogen) atoms. The summed E-state index contributed by atoms with van der Waals surface area (Å²) in [5.74, 6) is -1.35. The SMILES string of the molecule is OC1(c2ccc(C(F)(F)F)c(F)c2)C=CCCC1. The topological polar surface area (TPSA) is 20.2 Å². The monoisotopic (exact) mass is 260 g/mol. The summed E-state index contributed by atoms with van der Waals surface area (Å²) in [6, 6.07) is 2.56. The summed E-state index contributed by atoms with van der Waals surface area (Å²) < 4.78 is 50.6. The van der Waals surface area contributed by atoms with Crippen molar-refractivity contribution in [3.63, 3.8) is 0 Å². The average molecular weight is 260 g/mol. The van der Waals surface area contributed by atoms with E-state index in [-0.39, 0.29) is 5.56 Å². The van der Waals surface area contributed by atoms with E-state index in [9.17, 15) is 22.7 Å². The number of halogens is 4. The van der Waals surface area contributed by atoms with Crippen molar-refractivity contribution in [3.8, 4) is 0 Å². The molecule has 1 N–H and O–H groups in total. The number of hydrogen-bond acceptors (Lipinski definition) is 1. The molecule has 1 aromatic rings. The van der Waals surface area contributed by atoms with Gasteiger partial charge in [0.2, 0.25) is 0 Å². The lowest BCUT2D eigenvalue weighted by molar-refractivity contribution is -0.140. The van der Waals surface area contributed by atoms with Crippen LogP contribution in [0.15, 0.2) is 30.4 Å². The van der Waals surface area contributed by atoms with Crippen LogP contribution in [0.4, 0.5) is 17.6 Å². The fourth-order valence-corrected chi connectivity index (χ4v) is 2.11. The Kier molecular flexibility index (Phi) is 3.19. The molecular formula is C13H12F4O. The summed E-state index contributed by atoms with van der Waals surface area (Å²) in [7, 11) is 0. The lowest BCUT2D eigenvalue weighted by Crippen LogP contribution is -2.25. The summed E-state index contributed by atoms with van der Waals surface area (Å²) in [4.78, 5) is 0. The van der Waals surface area contributed by atoms with E-state index in [1.807, 2.05) is 0 Å². The Labute approximate surface area is 102 Å². The van der Waals surface area contributed by atoms with Crippen molar-refractivity contribution in [1.82, 2.24) is 0 Å². The second-order valence-electron chi connectivity index (χ2n) is 4.41. The highest BCUT2D eigenvalue weighted by Gasteiger charge is 2.36. The minimum absolute atomic E-state index is 0.156. The maximum absolute atomic E-state index is 13.4. The van der Waals surface area contributed by atoms with Gasteiger partial charge in [-0.3, -0.25) is 0 Å². The first-order valence-corrected chi connectivity index (χ1v) is 5.60. The first-order valence-electron chi connectivity index (χ1n) is 5.60. The third-order valence-electron chi connectivity index (χ3n) is 3.10. The van der Waals surface area contributed by atoms with E-state index in [1.165, 1.54) is 6.08 Å². The average Bonchev–Trinajstić information content (AvgIpc) is 2.28. The largest absolute Gasteiger partial charge is 0.419 e. The van der Waals surface area contributed by atoms with Gasteiger partial charge in [0.05, 0.1) is 5.56 Å². The predicted molar refractivity (Wildman–Crippen MR) is 58.3 cm³/mol. The highest BCUT2D eigenvalue weighted by atomic mass is 19.4. The van der Waals surface area contributed by atoms with Crippen LogP contribution in [0.2, 0.25) is 0 Å². The summed E-state index contributed by atoms with van der Waals surface area (Å²) in [6.07, 6.45) is 0.459. The highest BCUT2D eigenvalue weighted by molar-refractivity contribution is 5.33. The first-order chi connectivity index (χ1) is 8.33. The molecule has 0 saturated carbocycles. The molecule has 0 saturated heterocycles. The molecule has 0 aromatic heterocycles. The molecule has 1 aromatic carbocycles. The molecule has 98 valence electrons. The minimum atomic E-state index is -4.71. The van der Waals surface area contributed by atoms with Gasteiger partial charge in [-0.15, -0.1) is 0 Å². The Morgan fingerprint density at radius 3 is 2.44 bits per heavy atom. The number of allylic oxidation sites excluding steroid dienone is 1. The number of rotatable bonds is 1. The maximum Gasteiger partial charge on any atom is 0.419 e. The van der Waals surface area contributed by atoms with Crippen LogP contribution < -0.4 is 0 Å². The van der Waals surface area contributed by atoms with Crippen LogP contribution in [-0.4, -0.2) is 5.11 Å². The molecule has 0 amide bonds. The van der Waals surface area contributed by atoms with Gasteiger partial charge in [0.1, 0.15) is 11.4 Å². The zero-order valence-electron chi connectivity index (χ0n) is 9.47. The van der Waals surface area contributed by atoms with E-state index >= 15 is 0 Å². The molecule has 0 spiro atoms. The highest BCUT2D eigenvalue weighted by Crippen LogP contribution is 2.36. The number of benzene rings is 1. The zero-order valence-corrected chi connectivity index (χ0v) is 9.47. The molecule has 1 nitrogen and oxygen atoms in total. The molecule has 0 radical (unpaired) electrons. The Hall–Kier alpha value is -1.36. The number of hydrogen-bond donors (Lipinski definition) is 1. The standard InChI is InChI=1S/C13H12F4O/c14-11-8-9(4-5-10(11)13(15,16)17)12(18)6-2-1-3-7-12/h2,4-6,8,18H,1,3,7H2. The second kappa shape index (κ2) is 4.39. The fraction of sp³-hybridized carbons (Fsp3) is 0.385. The molecular weight excluding hydrogens is 248 g/mol. The van der Waals surface area contributed by atoms with Crippen molar-refractivity contribution in [2.45, 2.75) is 31.0 Å². The van der Waals surface area contributed by atoms with E-state index in [0.717, 1.165) is 25.0 Å². The summed E-state index contributed by atoms with van der Waals surface area (Å²) in [5.41, 5.74) is -2.51. The quantitative estimate of drug-likeness (QED) is 0.602. The van der Waals surface area contributed by atoms with Crippen molar-refractivity contribution in [2.75, 3.05) is 0 Å². The number of aliphatic hydroxyl groups is 1. The Morgan fingerprint density at radius 2 is 1.94 bits per heavy atom. The summed E-state index contributed by atoms with van der Waals surface area (Å²) in [5, 5.41) is 10.2. The van der Waals surface area contributed by atoms with Crippen LogP contribution in [0.1, 0.15) is 30.4 Å². The third-order valence-corrected chi connectivity index (χ3v) is 3.10. The van der Waals surface area contributed by atoms with Gasteiger partial charge in [0.25, 0.3) is 0 Å². The molecule has 1 atom stereocenters. The summed E-state index contributed by atoms with van der Waals surface area (Å²) in [6.45, 7) is 0. The normalized spacial score (nSPS) is 24.3. The molecule has 2 rings (SSSR count). The van der Waals surface area contributed by atoms with Gasteiger partial charge in [-0.1, -0.05) is 18.2 Å². The molecule has 0 bridgehead atoms. The third kappa shape index (κ3) is 2.41. The lowest BCUT2D eigenvalue weighted by Gasteiger charge is -2.28. The molecule has 0 aliphatic heterocycles. The van der Waals surface area contributed by atoms with Crippen LogP contribution in [0, 0.1) is 5.82 Å². The van der Waals surface area contributed by atoms with Crippen LogP contribution in [0.3, 0.4) is 0 Å². The van der Waals surface area contributed by atoms with Crippen LogP contribution >= 0.6 is 0 Å². The first kappa shape index (κ1) is 13.1. The van der Waals surface area contributed by atoms with Gasteiger partial charge in [-0.25, -0.2) is 4.39 Å². The van der Waals surface area contributed by atoms with Crippen molar-refractivity contribution in [3.05, 3.63) is 47.3 Å². The van der Waals surface area contributed by atoms with Gasteiger partial charge in [0, 0.05) is 0 Å². The van der Waals surface area contributed by atoms with Gasteiger partial charge in [-0.2, -0.15) is 13.2 Å². The molecule has 5 heteroatoms. The Balaban J connectivity index is 2.40. The fourth-order valence-electron chi connectivity index (χ4n) is 2.11. The molecule has 1 unspecified atom stereocenters. The van der Waals surface area contributed by atoms with E-state index in [1.54, 1.807) is 6.08 Å². The van der Waals surface area contributed by atoms with Gasteiger partial charge < -0.3 is 5.11 Å². The Bertz CT molecular complexity index is 478. The number of alkyl halides is 3. The zero-order chi connectivity index (χ0) is 13.4.